The molecule has 29 heavy (non-hydrogen) atoms. The van der Waals surface area contributed by atoms with Crippen LogP contribution in [-0.2, 0) is 4.74 Å². The van der Waals surface area contributed by atoms with Crippen LogP contribution in [0.1, 0.15) is 19.4 Å². The van der Waals surface area contributed by atoms with E-state index in [1.807, 2.05) is 55.5 Å². The number of anilines is 1. The van der Waals surface area contributed by atoms with Gasteiger partial charge in [0, 0.05) is 24.4 Å². The first-order valence-electron chi connectivity index (χ1n) is 9.84. The average molecular weight is 396 g/mol. The highest BCUT2D eigenvalue weighted by atomic mass is 16.5. The summed E-state index contributed by atoms with van der Waals surface area (Å²) >= 11 is 0. The summed E-state index contributed by atoms with van der Waals surface area (Å²) in [5.41, 5.74) is 3.94. The van der Waals surface area contributed by atoms with Gasteiger partial charge in [0.1, 0.15) is 6.61 Å². The van der Waals surface area contributed by atoms with E-state index in [-0.39, 0.29) is 0 Å². The van der Waals surface area contributed by atoms with Gasteiger partial charge in [-0.15, -0.1) is 5.10 Å². The number of ether oxygens (including phenoxy) is 2. The van der Waals surface area contributed by atoms with Crippen molar-refractivity contribution < 1.29 is 14.6 Å². The van der Waals surface area contributed by atoms with E-state index in [0.717, 1.165) is 16.9 Å². The maximum atomic E-state index is 9.43. The molecular formula is C22H28N4O3. The topological polar surface area (TPSA) is 81.4 Å². The third-order valence-electron chi connectivity index (χ3n) is 4.27. The van der Waals surface area contributed by atoms with Crippen LogP contribution in [0.2, 0.25) is 0 Å². The van der Waals surface area contributed by atoms with Gasteiger partial charge in [0.05, 0.1) is 18.4 Å². The largest absolute Gasteiger partial charge is 0.460 e. The van der Waals surface area contributed by atoms with Gasteiger partial charge in [-0.3, -0.25) is 0 Å². The minimum Gasteiger partial charge on any atom is -0.460 e. The molecule has 0 bridgehead atoms. The zero-order valence-corrected chi connectivity index (χ0v) is 17.1. The smallest absolute Gasteiger partial charge is 0.336 e. The molecule has 2 aromatic carbocycles. The van der Waals surface area contributed by atoms with Crippen LogP contribution in [0.5, 0.6) is 6.01 Å². The van der Waals surface area contributed by atoms with Gasteiger partial charge in [-0.05, 0) is 45.0 Å². The first-order valence-corrected chi connectivity index (χ1v) is 9.84. The van der Waals surface area contributed by atoms with E-state index < -0.39 is 6.10 Å². The second kappa shape index (κ2) is 10.0. The number of hydrogen-bond acceptors (Lipinski definition) is 6. The molecule has 3 aromatic rings. The van der Waals surface area contributed by atoms with Gasteiger partial charge < -0.3 is 19.9 Å². The number of aromatic nitrogens is 3. The number of rotatable bonds is 10. The Morgan fingerprint density at radius 1 is 1.07 bits per heavy atom. The molecule has 0 spiro atoms. The van der Waals surface area contributed by atoms with Gasteiger partial charge in [0.15, 0.2) is 5.82 Å². The van der Waals surface area contributed by atoms with Crippen molar-refractivity contribution in [3.8, 4) is 23.1 Å². The van der Waals surface area contributed by atoms with E-state index in [1.54, 1.807) is 11.6 Å². The van der Waals surface area contributed by atoms with Crippen molar-refractivity contribution >= 4 is 5.69 Å². The molecule has 1 aromatic heterocycles. The predicted molar refractivity (Wildman–Crippen MR) is 114 cm³/mol. The van der Waals surface area contributed by atoms with Gasteiger partial charge in [-0.25, -0.2) is 4.68 Å². The molecule has 0 saturated carbocycles. The van der Waals surface area contributed by atoms with E-state index in [9.17, 15) is 5.11 Å². The SMILES string of the molecule is CCOCCOc1nc(-c2ccc(C)cc2)n(-c2ccc(NC[C@@H](C)O)cc2)n1. The lowest BCUT2D eigenvalue weighted by atomic mass is 10.1. The molecule has 0 aliphatic rings. The summed E-state index contributed by atoms with van der Waals surface area (Å²) in [6.45, 7) is 7.78. The molecule has 1 heterocycles. The summed E-state index contributed by atoms with van der Waals surface area (Å²) in [6, 6.07) is 16.3. The van der Waals surface area contributed by atoms with Crippen molar-refractivity contribution in [3.05, 3.63) is 54.1 Å². The molecule has 7 nitrogen and oxygen atoms in total. The first kappa shape index (κ1) is 20.8. The average Bonchev–Trinajstić information content (AvgIpc) is 3.15. The van der Waals surface area contributed by atoms with Crippen molar-refractivity contribution in [2.24, 2.45) is 0 Å². The van der Waals surface area contributed by atoms with E-state index in [1.165, 1.54) is 5.56 Å². The number of hydrogen-bond donors (Lipinski definition) is 2. The van der Waals surface area contributed by atoms with Crippen molar-refractivity contribution in [1.82, 2.24) is 14.8 Å². The van der Waals surface area contributed by atoms with Gasteiger partial charge in [0.2, 0.25) is 0 Å². The van der Waals surface area contributed by atoms with E-state index in [4.69, 9.17) is 9.47 Å². The lowest BCUT2D eigenvalue weighted by molar-refractivity contribution is 0.106. The summed E-state index contributed by atoms with van der Waals surface area (Å²) in [4.78, 5) is 4.59. The Hall–Kier alpha value is -2.90. The van der Waals surface area contributed by atoms with Crippen LogP contribution in [0.15, 0.2) is 48.5 Å². The van der Waals surface area contributed by atoms with Gasteiger partial charge in [0.25, 0.3) is 0 Å². The van der Waals surface area contributed by atoms with Crippen LogP contribution in [-0.4, -0.2) is 52.3 Å². The van der Waals surface area contributed by atoms with Gasteiger partial charge >= 0.3 is 6.01 Å². The summed E-state index contributed by atoms with van der Waals surface area (Å²) in [7, 11) is 0. The lowest BCUT2D eigenvalue weighted by Gasteiger charge is -2.10. The molecule has 7 heteroatoms. The number of aliphatic hydroxyl groups is 1. The number of aryl methyl sites for hydroxylation is 1. The van der Waals surface area contributed by atoms with E-state index >= 15 is 0 Å². The minimum absolute atomic E-state index is 0.316. The zero-order valence-electron chi connectivity index (χ0n) is 17.1. The second-order valence-electron chi connectivity index (χ2n) is 6.82. The molecule has 0 amide bonds. The number of nitrogens with one attached hydrogen (secondary N) is 1. The van der Waals surface area contributed by atoms with Crippen LogP contribution in [0, 0.1) is 6.92 Å². The first-order chi connectivity index (χ1) is 14.1. The quantitative estimate of drug-likeness (QED) is 0.511. The molecule has 3 rings (SSSR count). The molecule has 0 fully saturated rings. The standard InChI is InChI=1S/C22H28N4O3/c1-4-28-13-14-29-22-24-21(18-7-5-16(2)6-8-18)26(25-22)20-11-9-19(10-12-20)23-15-17(3)27/h5-12,17,23,27H,4,13-15H2,1-3H3/t17-/m1/s1. The van der Waals surface area contributed by atoms with Crippen LogP contribution >= 0.6 is 0 Å². The van der Waals surface area contributed by atoms with Crippen molar-refractivity contribution in [2.75, 3.05) is 31.7 Å². The molecule has 154 valence electrons. The Kier molecular flexibility index (Phi) is 7.21. The minimum atomic E-state index is -0.408. The van der Waals surface area contributed by atoms with Gasteiger partial charge in [-0.2, -0.15) is 4.98 Å². The Labute approximate surface area is 171 Å². The molecule has 0 saturated heterocycles. The fourth-order valence-corrected chi connectivity index (χ4v) is 2.75. The van der Waals surface area contributed by atoms with Crippen molar-refractivity contribution in [1.29, 1.82) is 0 Å². The maximum Gasteiger partial charge on any atom is 0.336 e. The third-order valence-corrected chi connectivity index (χ3v) is 4.27. The number of benzene rings is 2. The number of nitrogens with zero attached hydrogens (tertiary/aromatic N) is 3. The summed E-state index contributed by atoms with van der Waals surface area (Å²) < 4.78 is 12.8. The second-order valence-corrected chi connectivity index (χ2v) is 6.82. The zero-order chi connectivity index (χ0) is 20.6. The van der Waals surface area contributed by atoms with E-state index in [2.05, 4.69) is 22.3 Å². The highest BCUT2D eigenvalue weighted by molar-refractivity contribution is 5.60. The molecule has 0 aliphatic carbocycles. The van der Waals surface area contributed by atoms with Gasteiger partial charge in [-0.1, -0.05) is 29.8 Å². The fraction of sp³-hybridized carbons (Fsp3) is 0.364. The summed E-state index contributed by atoms with van der Waals surface area (Å²) in [5.74, 6) is 0.709. The number of aliphatic hydroxyl groups excluding tert-OH is 1. The maximum absolute atomic E-state index is 9.43. The molecule has 0 aliphatic heterocycles. The normalized spacial score (nSPS) is 12.0. The van der Waals surface area contributed by atoms with Crippen LogP contribution in [0.25, 0.3) is 17.1 Å². The van der Waals surface area contributed by atoms with Crippen molar-refractivity contribution in [3.63, 3.8) is 0 Å². The predicted octanol–water partition coefficient (Wildman–Crippen LogP) is 3.45. The van der Waals surface area contributed by atoms with Crippen LogP contribution in [0.3, 0.4) is 0 Å². The third kappa shape index (κ3) is 5.79. The highest BCUT2D eigenvalue weighted by Gasteiger charge is 2.15. The highest BCUT2D eigenvalue weighted by Crippen LogP contribution is 2.24. The summed E-state index contributed by atoms with van der Waals surface area (Å²) in [5, 5.41) is 17.2. The van der Waals surface area contributed by atoms with Crippen LogP contribution < -0.4 is 10.1 Å². The summed E-state index contributed by atoms with van der Waals surface area (Å²) in [6.07, 6.45) is -0.408. The molecule has 0 unspecified atom stereocenters. The van der Waals surface area contributed by atoms with Crippen molar-refractivity contribution in [2.45, 2.75) is 26.9 Å². The molecule has 2 N–H and O–H groups in total. The Bertz CT molecular complexity index is 889. The lowest BCUT2D eigenvalue weighted by Crippen LogP contribution is -2.15. The monoisotopic (exact) mass is 396 g/mol. The van der Waals surface area contributed by atoms with Crippen LogP contribution in [0.4, 0.5) is 5.69 Å². The van der Waals surface area contributed by atoms with E-state index in [0.29, 0.717) is 38.2 Å². The Balaban J connectivity index is 1.86. The Morgan fingerprint density at radius 2 is 1.79 bits per heavy atom. The fourth-order valence-electron chi connectivity index (χ4n) is 2.75. The molecule has 0 radical (unpaired) electrons. The molecule has 1 atom stereocenters. The molecular weight excluding hydrogens is 368 g/mol. The Morgan fingerprint density at radius 3 is 2.45 bits per heavy atom.